The Hall–Kier alpha value is -2.65. The average Bonchev–Trinajstić information content (AvgIpc) is 3.07. The summed E-state index contributed by atoms with van der Waals surface area (Å²) in [6.45, 7) is 11.7. The van der Waals surface area contributed by atoms with E-state index >= 15 is 0 Å². The Morgan fingerprint density at radius 2 is 2.03 bits per heavy atom. The molecule has 0 aliphatic carbocycles. The van der Waals surface area contributed by atoms with Crippen LogP contribution in [0.25, 0.3) is 5.65 Å². The molecule has 2 aromatic rings. The Morgan fingerprint density at radius 1 is 1.32 bits per heavy atom. The number of aromatic nitrogens is 3. The zero-order chi connectivity index (χ0) is 22.9. The minimum absolute atomic E-state index is 0.0471. The van der Waals surface area contributed by atoms with Crippen LogP contribution < -0.4 is 4.72 Å². The molecule has 1 saturated heterocycles. The number of fused-ring (bicyclic) bond motifs is 1. The summed E-state index contributed by atoms with van der Waals surface area (Å²) in [4.78, 5) is 19.9. The Morgan fingerprint density at radius 3 is 2.68 bits per heavy atom. The normalized spacial score (nSPS) is 17.6. The van der Waals surface area contributed by atoms with Crippen molar-refractivity contribution in [2.45, 2.75) is 39.2 Å². The number of piperidine rings is 1. The average molecular weight is 464 g/mol. The predicted octanol–water partition coefficient (Wildman–Crippen LogP) is 3.14. The molecular formula is C21H26ClN5O3S. The molecular weight excluding hydrogens is 438 g/mol. The van der Waals surface area contributed by atoms with Gasteiger partial charge in [-0.05, 0) is 50.8 Å². The fourth-order valence-electron chi connectivity index (χ4n) is 3.63. The molecule has 166 valence electrons. The first-order chi connectivity index (χ1) is 14.5. The van der Waals surface area contributed by atoms with Crippen molar-refractivity contribution in [3.8, 4) is 0 Å². The highest BCUT2D eigenvalue weighted by atomic mass is 35.5. The maximum Gasteiger partial charge on any atom is 0.256 e. The number of nitrogens with one attached hydrogen (secondary N) is 1. The van der Waals surface area contributed by atoms with Gasteiger partial charge in [0.15, 0.2) is 5.65 Å². The number of aryl methyl sites for hydroxylation is 2. The number of amides is 1. The minimum Gasteiger partial charge on any atom is -0.330 e. The van der Waals surface area contributed by atoms with E-state index in [-0.39, 0.29) is 28.3 Å². The molecule has 1 N–H and O–H groups in total. The number of sulfonamides is 1. The van der Waals surface area contributed by atoms with Gasteiger partial charge in [0.25, 0.3) is 5.91 Å². The van der Waals surface area contributed by atoms with Crippen molar-refractivity contribution in [2.24, 2.45) is 0 Å². The third kappa shape index (κ3) is 5.34. The van der Waals surface area contributed by atoms with Crippen LogP contribution in [0, 0.1) is 13.8 Å². The van der Waals surface area contributed by atoms with Crippen LogP contribution in [0.2, 0.25) is 0 Å². The van der Waals surface area contributed by atoms with E-state index in [1.54, 1.807) is 9.42 Å². The van der Waals surface area contributed by atoms with Gasteiger partial charge in [-0.25, -0.2) is 17.9 Å². The SMILES string of the molecule is C=C(Cl)/C=C(\C(=C)NS(C)(=O)=O)C(=O)N1CCCCC1c1cn2nc(C)c(C)cc2n1. The van der Waals surface area contributed by atoms with Crippen molar-refractivity contribution in [3.05, 3.63) is 64.8 Å². The maximum atomic E-state index is 13.5. The number of carbonyl (C=O) groups is 1. The van der Waals surface area contributed by atoms with Gasteiger partial charge in [-0.2, -0.15) is 5.10 Å². The largest absolute Gasteiger partial charge is 0.330 e. The van der Waals surface area contributed by atoms with Crippen molar-refractivity contribution in [1.82, 2.24) is 24.2 Å². The topological polar surface area (TPSA) is 96.7 Å². The number of rotatable bonds is 6. The summed E-state index contributed by atoms with van der Waals surface area (Å²) in [5.74, 6) is -0.384. The highest BCUT2D eigenvalue weighted by Gasteiger charge is 2.32. The van der Waals surface area contributed by atoms with Crippen molar-refractivity contribution in [2.75, 3.05) is 12.8 Å². The molecule has 1 amide bonds. The number of imidazole rings is 1. The van der Waals surface area contributed by atoms with E-state index in [0.717, 1.165) is 42.5 Å². The van der Waals surface area contributed by atoms with Gasteiger partial charge in [0.2, 0.25) is 10.0 Å². The van der Waals surface area contributed by atoms with E-state index in [2.05, 4.69) is 23.0 Å². The molecule has 1 fully saturated rings. The van der Waals surface area contributed by atoms with Gasteiger partial charge in [0.1, 0.15) is 0 Å². The van der Waals surface area contributed by atoms with Crippen molar-refractivity contribution < 1.29 is 13.2 Å². The number of hydrogen-bond donors (Lipinski definition) is 1. The fraction of sp³-hybridized carbons (Fsp3) is 0.381. The van der Waals surface area contributed by atoms with Crippen molar-refractivity contribution >= 4 is 33.2 Å². The van der Waals surface area contributed by atoms with Gasteiger partial charge in [0, 0.05) is 11.6 Å². The molecule has 0 radical (unpaired) electrons. The van der Waals surface area contributed by atoms with E-state index in [9.17, 15) is 13.2 Å². The number of carbonyl (C=O) groups excluding carboxylic acids is 1. The summed E-state index contributed by atoms with van der Waals surface area (Å²) in [7, 11) is -3.62. The summed E-state index contributed by atoms with van der Waals surface area (Å²) in [5, 5.41) is 4.62. The van der Waals surface area contributed by atoms with Gasteiger partial charge >= 0.3 is 0 Å². The first-order valence-electron chi connectivity index (χ1n) is 9.84. The van der Waals surface area contributed by atoms with Crippen molar-refractivity contribution in [1.29, 1.82) is 0 Å². The van der Waals surface area contributed by atoms with Crippen LogP contribution in [-0.4, -0.2) is 46.6 Å². The van der Waals surface area contributed by atoms with E-state index in [1.165, 1.54) is 6.08 Å². The third-order valence-electron chi connectivity index (χ3n) is 5.18. The molecule has 0 aromatic carbocycles. The van der Waals surface area contributed by atoms with Crippen LogP contribution in [0.4, 0.5) is 0 Å². The molecule has 0 spiro atoms. The second kappa shape index (κ2) is 8.84. The first-order valence-corrected chi connectivity index (χ1v) is 12.1. The number of nitrogens with zero attached hydrogens (tertiary/aromatic N) is 4. The lowest BCUT2D eigenvalue weighted by Crippen LogP contribution is -2.41. The number of halogens is 1. The quantitative estimate of drug-likeness (QED) is 0.524. The summed E-state index contributed by atoms with van der Waals surface area (Å²) < 4.78 is 27.3. The standard InChI is InChI=1S/C21H26ClN5O3S/c1-13-10-20-23-18(12-27(20)24-15(13)3)19-8-6-7-9-26(19)21(28)17(11-14(2)22)16(4)25-31(5,29)30/h10-12,19,25H,2,4,6-9H2,1,3,5H3/b17-11+. The molecule has 8 nitrogen and oxygen atoms in total. The third-order valence-corrected chi connectivity index (χ3v) is 5.90. The Bertz CT molecular complexity index is 1160. The second-order valence-corrected chi connectivity index (χ2v) is 9.98. The van der Waals surface area contributed by atoms with Crippen LogP contribution in [0.3, 0.4) is 0 Å². The highest BCUT2D eigenvalue weighted by molar-refractivity contribution is 7.88. The van der Waals surface area contributed by atoms with E-state index < -0.39 is 10.0 Å². The summed E-state index contributed by atoms with van der Waals surface area (Å²) in [6, 6.07) is 1.68. The lowest BCUT2D eigenvalue weighted by molar-refractivity contribution is -0.130. The first kappa shape index (κ1) is 23.0. The molecule has 10 heteroatoms. The molecule has 1 unspecified atom stereocenters. The van der Waals surface area contributed by atoms with Crippen molar-refractivity contribution in [3.63, 3.8) is 0 Å². The van der Waals surface area contributed by atoms with Gasteiger partial charge in [-0.15, -0.1) is 0 Å². The van der Waals surface area contributed by atoms with Crippen LogP contribution in [0.1, 0.15) is 42.3 Å². The lowest BCUT2D eigenvalue weighted by Gasteiger charge is -2.35. The summed E-state index contributed by atoms with van der Waals surface area (Å²) >= 11 is 5.92. The minimum atomic E-state index is -3.62. The Labute approximate surface area is 187 Å². The van der Waals surface area contributed by atoms with Crippen LogP contribution in [0.15, 0.2) is 47.8 Å². The Kier molecular flexibility index (Phi) is 6.56. The van der Waals surface area contributed by atoms with Gasteiger partial charge in [-0.3, -0.25) is 9.52 Å². The summed E-state index contributed by atoms with van der Waals surface area (Å²) in [5.41, 5.74) is 3.38. The molecule has 0 bridgehead atoms. The zero-order valence-electron chi connectivity index (χ0n) is 17.9. The molecule has 1 aliphatic heterocycles. The predicted molar refractivity (Wildman–Crippen MR) is 121 cm³/mol. The lowest BCUT2D eigenvalue weighted by atomic mass is 9.98. The smallest absolute Gasteiger partial charge is 0.256 e. The van der Waals surface area contributed by atoms with Crippen LogP contribution >= 0.6 is 11.6 Å². The molecule has 3 heterocycles. The fourth-order valence-corrected chi connectivity index (χ4v) is 4.30. The summed E-state index contributed by atoms with van der Waals surface area (Å²) in [6.07, 6.45) is 6.66. The maximum absolute atomic E-state index is 13.5. The van der Waals surface area contributed by atoms with E-state index in [0.29, 0.717) is 12.2 Å². The number of hydrogen-bond acceptors (Lipinski definition) is 5. The molecule has 3 rings (SSSR count). The molecule has 0 saturated carbocycles. The molecule has 2 aromatic heterocycles. The zero-order valence-corrected chi connectivity index (χ0v) is 19.4. The number of likely N-dealkylation sites (tertiary alicyclic amines) is 1. The monoisotopic (exact) mass is 463 g/mol. The second-order valence-electron chi connectivity index (χ2n) is 7.75. The highest BCUT2D eigenvalue weighted by Crippen LogP contribution is 2.32. The Balaban J connectivity index is 1.98. The van der Waals surface area contributed by atoms with Gasteiger partial charge < -0.3 is 4.90 Å². The van der Waals surface area contributed by atoms with Crippen LogP contribution in [0.5, 0.6) is 0 Å². The van der Waals surface area contributed by atoms with Gasteiger partial charge in [0.05, 0.1) is 41.2 Å². The van der Waals surface area contributed by atoms with E-state index in [4.69, 9.17) is 16.6 Å². The molecule has 1 aliphatic rings. The molecule has 31 heavy (non-hydrogen) atoms. The number of allylic oxidation sites excluding steroid dienone is 2. The molecule has 1 atom stereocenters. The van der Waals surface area contributed by atoms with Crippen LogP contribution in [-0.2, 0) is 14.8 Å². The van der Waals surface area contributed by atoms with Gasteiger partial charge in [-0.1, -0.05) is 24.8 Å². The van der Waals surface area contributed by atoms with E-state index in [1.807, 2.05) is 26.1 Å².